The van der Waals surface area contributed by atoms with E-state index in [-0.39, 0.29) is 37.0 Å². The molecular formula is C34H34F2N8O2. The van der Waals surface area contributed by atoms with Gasteiger partial charge in [-0.15, -0.1) is 10.2 Å². The molecule has 2 aliphatic heterocycles. The molecule has 46 heavy (non-hydrogen) atoms. The van der Waals surface area contributed by atoms with Gasteiger partial charge in [0.15, 0.2) is 11.6 Å². The number of hydrogen-bond acceptors (Lipinski definition) is 7. The lowest BCUT2D eigenvalue weighted by Gasteiger charge is -2.25. The van der Waals surface area contributed by atoms with E-state index >= 15 is 4.39 Å². The molecule has 5 aromatic rings. The first-order valence-corrected chi connectivity index (χ1v) is 15.7. The molecule has 12 heteroatoms. The Balaban J connectivity index is 1.09. The molecule has 0 radical (unpaired) electrons. The Morgan fingerprint density at radius 2 is 1.91 bits per heavy atom. The molecule has 0 aliphatic carbocycles. The maximum absolute atomic E-state index is 15.0. The molecule has 1 saturated heterocycles. The Kier molecular flexibility index (Phi) is 8.02. The van der Waals surface area contributed by atoms with Gasteiger partial charge >= 0.3 is 0 Å². The van der Waals surface area contributed by atoms with Crippen molar-refractivity contribution < 1.29 is 18.4 Å². The zero-order valence-electron chi connectivity index (χ0n) is 25.5. The van der Waals surface area contributed by atoms with Gasteiger partial charge in [0.1, 0.15) is 24.4 Å². The number of anilines is 1. The van der Waals surface area contributed by atoms with E-state index in [0.717, 1.165) is 60.1 Å². The van der Waals surface area contributed by atoms with Gasteiger partial charge in [0.2, 0.25) is 5.91 Å². The molecule has 0 saturated carbocycles. The highest BCUT2D eigenvalue weighted by molar-refractivity contribution is 6.08. The predicted octanol–water partition coefficient (Wildman–Crippen LogP) is 5.48. The summed E-state index contributed by atoms with van der Waals surface area (Å²) in [6.07, 6.45) is 7.94. The van der Waals surface area contributed by atoms with Crippen LogP contribution in [0.2, 0.25) is 0 Å². The van der Waals surface area contributed by atoms with Gasteiger partial charge in [0, 0.05) is 59.8 Å². The standard InChI is InChI=1S/C34H34F2N8O2/c1-21(45)29-19-42(31-9-6-22(13-27(29)31)23-10-11-38-39-16-23)20-33(46)44-18-24(35)14-26(44)17-37-25-7-8-30(36)28(15-25)34-41-40-32-5-3-2-4-12-43(32)34/h6-11,13,15-16,19,24,26,37H,2-5,12,14,17-18,20H2,1H3/t24-,26+/m1/s1. The van der Waals surface area contributed by atoms with Crippen molar-refractivity contribution in [3.05, 3.63) is 78.3 Å². The zero-order valence-corrected chi connectivity index (χ0v) is 25.5. The third kappa shape index (κ3) is 5.75. The van der Waals surface area contributed by atoms with Crippen molar-refractivity contribution >= 4 is 28.3 Å². The van der Waals surface area contributed by atoms with Gasteiger partial charge in [-0.1, -0.05) is 12.5 Å². The summed E-state index contributed by atoms with van der Waals surface area (Å²) >= 11 is 0. The SMILES string of the molecule is CC(=O)c1cn(CC(=O)N2C[C@H](F)C[C@H]2CNc2ccc(F)c(-c3nnc4n3CCCCC4)c2)c2ccc(-c3ccnnc3)cc12. The summed E-state index contributed by atoms with van der Waals surface area (Å²) < 4.78 is 33.5. The minimum Gasteiger partial charge on any atom is -0.383 e. The molecule has 2 aromatic carbocycles. The lowest BCUT2D eigenvalue weighted by atomic mass is 10.0. The molecule has 7 rings (SSSR count). The van der Waals surface area contributed by atoms with E-state index in [2.05, 4.69) is 25.7 Å². The van der Waals surface area contributed by atoms with Crippen LogP contribution in [0.4, 0.5) is 14.5 Å². The number of rotatable bonds is 8. The second kappa shape index (κ2) is 12.4. The lowest BCUT2D eigenvalue weighted by Crippen LogP contribution is -2.41. The second-order valence-corrected chi connectivity index (χ2v) is 12.1. The highest BCUT2D eigenvalue weighted by atomic mass is 19.1. The number of halogens is 2. The third-order valence-corrected chi connectivity index (χ3v) is 9.03. The lowest BCUT2D eigenvalue weighted by molar-refractivity contribution is -0.132. The number of nitrogens with zero attached hydrogens (tertiary/aromatic N) is 7. The van der Waals surface area contributed by atoms with E-state index < -0.39 is 12.2 Å². The normalized spacial score (nSPS) is 18.0. The van der Waals surface area contributed by atoms with Gasteiger partial charge in [-0.25, -0.2) is 8.78 Å². The highest BCUT2D eigenvalue weighted by Crippen LogP contribution is 2.31. The largest absolute Gasteiger partial charge is 0.383 e. The fourth-order valence-corrected chi connectivity index (χ4v) is 6.67. The van der Waals surface area contributed by atoms with Crippen molar-refractivity contribution in [3.8, 4) is 22.5 Å². The van der Waals surface area contributed by atoms with Gasteiger partial charge in [-0.2, -0.15) is 10.2 Å². The van der Waals surface area contributed by atoms with Crippen LogP contribution in [0.1, 0.15) is 48.8 Å². The van der Waals surface area contributed by atoms with E-state index in [9.17, 15) is 14.0 Å². The van der Waals surface area contributed by atoms with E-state index in [1.807, 2.05) is 28.8 Å². The molecule has 0 unspecified atom stereocenters. The smallest absolute Gasteiger partial charge is 0.242 e. The molecule has 236 valence electrons. The fourth-order valence-electron chi connectivity index (χ4n) is 6.67. The van der Waals surface area contributed by atoms with Crippen molar-refractivity contribution in [1.29, 1.82) is 0 Å². The summed E-state index contributed by atoms with van der Waals surface area (Å²) in [4.78, 5) is 27.8. The number of benzene rings is 2. The third-order valence-electron chi connectivity index (χ3n) is 9.03. The van der Waals surface area contributed by atoms with Crippen LogP contribution in [0.15, 0.2) is 61.1 Å². The summed E-state index contributed by atoms with van der Waals surface area (Å²) in [5.74, 6) is 0.631. The number of ketones is 1. The molecule has 0 spiro atoms. The Morgan fingerprint density at radius 1 is 1.02 bits per heavy atom. The zero-order chi connectivity index (χ0) is 31.8. The molecule has 1 fully saturated rings. The maximum Gasteiger partial charge on any atom is 0.242 e. The van der Waals surface area contributed by atoms with E-state index in [1.54, 1.807) is 40.2 Å². The van der Waals surface area contributed by atoms with Crippen molar-refractivity contribution in [2.75, 3.05) is 18.4 Å². The van der Waals surface area contributed by atoms with Crippen LogP contribution in [-0.2, 0) is 24.3 Å². The number of hydrogen-bond donors (Lipinski definition) is 1. The molecule has 1 amide bonds. The number of carbonyl (C=O) groups excluding carboxylic acids is 2. The minimum absolute atomic E-state index is 0.0102. The first-order valence-electron chi connectivity index (χ1n) is 15.7. The summed E-state index contributed by atoms with van der Waals surface area (Å²) in [7, 11) is 0. The fraction of sp³-hybridized carbons (Fsp3) is 0.353. The quantitative estimate of drug-likeness (QED) is 0.228. The molecule has 2 atom stereocenters. The number of amides is 1. The minimum atomic E-state index is -1.16. The van der Waals surface area contributed by atoms with Crippen molar-refractivity contribution in [2.45, 2.75) is 64.3 Å². The van der Waals surface area contributed by atoms with Crippen LogP contribution >= 0.6 is 0 Å². The van der Waals surface area contributed by atoms with Crippen LogP contribution in [0.5, 0.6) is 0 Å². The molecule has 5 heterocycles. The number of likely N-dealkylation sites (tertiary alicyclic amines) is 1. The Labute approximate surface area is 264 Å². The molecule has 2 aliphatic rings. The van der Waals surface area contributed by atoms with Gasteiger partial charge in [0.05, 0.1) is 30.5 Å². The van der Waals surface area contributed by atoms with Crippen molar-refractivity contribution in [1.82, 2.24) is 34.4 Å². The van der Waals surface area contributed by atoms with E-state index in [0.29, 0.717) is 29.2 Å². The predicted molar refractivity (Wildman–Crippen MR) is 169 cm³/mol. The number of aromatic nitrogens is 6. The topological polar surface area (TPSA) is 111 Å². The summed E-state index contributed by atoms with van der Waals surface area (Å²) in [5.41, 5.74) is 3.99. The summed E-state index contributed by atoms with van der Waals surface area (Å²) in [6.45, 7) is 2.49. The van der Waals surface area contributed by atoms with Gasteiger partial charge in [0.25, 0.3) is 0 Å². The average molecular weight is 625 g/mol. The first-order chi connectivity index (χ1) is 22.4. The maximum atomic E-state index is 15.0. The van der Waals surface area contributed by atoms with E-state index in [1.165, 1.54) is 13.0 Å². The van der Waals surface area contributed by atoms with Crippen molar-refractivity contribution in [3.63, 3.8) is 0 Å². The number of aryl methyl sites for hydroxylation is 1. The van der Waals surface area contributed by atoms with Crippen LogP contribution in [0.25, 0.3) is 33.4 Å². The Hall–Kier alpha value is -5.00. The monoisotopic (exact) mass is 624 g/mol. The van der Waals surface area contributed by atoms with Gasteiger partial charge < -0.3 is 19.4 Å². The van der Waals surface area contributed by atoms with Crippen molar-refractivity contribution in [2.24, 2.45) is 0 Å². The Bertz CT molecular complexity index is 1920. The van der Waals surface area contributed by atoms with Gasteiger partial charge in [-0.05, 0) is 61.7 Å². The van der Waals surface area contributed by atoms with E-state index in [4.69, 9.17) is 0 Å². The number of fused-ring (bicyclic) bond motifs is 2. The summed E-state index contributed by atoms with van der Waals surface area (Å²) in [6, 6.07) is 11.9. The van der Waals surface area contributed by atoms with Crippen LogP contribution < -0.4 is 5.32 Å². The van der Waals surface area contributed by atoms with Crippen LogP contribution in [0, 0.1) is 5.82 Å². The number of carbonyl (C=O) groups is 2. The average Bonchev–Trinajstić information content (AvgIpc) is 3.70. The molecule has 0 bridgehead atoms. The molecule has 3 aromatic heterocycles. The molecule has 1 N–H and O–H groups in total. The van der Waals surface area contributed by atoms with Gasteiger partial charge in [-0.3, -0.25) is 9.59 Å². The first kappa shape index (κ1) is 29.7. The van der Waals surface area contributed by atoms with Crippen LogP contribution in [0.3, 0.4) is 0 Å². The van der Waals surface area contributed by atoms with Crippen LogP contribution in [-0.4, -0.2) is 71.4 Å². The second-order valence-electron chi connectivity index (χ2n) is 12.1. The summed E-state index contributed by atoms with van der Waals surface area (Å²) in [5, 5.41) is 20.4. The number of nitrogens with one attached hydrogen (secondary N) is 1. The highest BCUT2D eigenvalue weighted by Gasteiger charge is 2.35. The Morgan fingerprint density at radius 3 is 2.74 bits per heavy atom. The molecular weight excluding hydrogens is 590 g/mol. The number of alkyl halides is 1. The molecule has 10 nitrogen and oxygen atoms in total. The number of Topliss-reactive ketones (excluding diaryl/α,β-unsaturated/α-hetero) is 1.